The topological polar surface area (TPSA) is 67.2 Å². The molecular weight excluding hydrogens is 299 g/mol. The summed E-state index contributed by atoms with van der Waals surface area (Å²) >= 11 is 0. The molecule has 1 atom stereocenters. The van der Waals surface area contributed by atoms with Gasteiger partial charge in [-0.3, -0.25) is 14.3 Å². The summed E-state index contributed by atoms with van der Waals surface area (Å²) in [5.74, 6) is -0.644. The van der Waals surface area contributed by atoms with Crippen LogP contribution in [-0.2, 0) is 16.1 Å². The van der Waals surface area contributed by atoms with E-state index in [0.717, 1.165) is 5.56 Å². The number of amides is 2. The van der Waals surface area contributed by atoms with Crippen LogP contribution in [0.15, 0.2) is 36.7 Å². The first-order valence-corrected chi connectivity index (χ1v) is 7.18. The first-order valence-electron chi connectivity index (χ1n) is 7.18. The van der Waals surface area contributed by atoms with Crippen molar-refractivity contribution in [3.05, 3.63) is 48.0 Å². The van der Waals surface area contributed by atoms with Gasteiger partial charge in [0.1, 0.15) is 12.4 Å². The Morgan fingerprint density at radius 3 is 2.61 bits per heavy atom. The summed E-state index contributed by atoms with van der Waals surface area (Å²) in [5, 5.41) is 6.64. The average molecular weight is 318 g/mol. The van der Waals surface area contributed by atoms with E-state index in [2.05, 4.69) is 10.4 Å². The van der Waals surface area contributed by atoms with Crippen LogP contribution in [0.4, 0.5) is 10.1 Å². The summed E-state index contributed by atoms with van der Waals surface area (Å²) in [6, 6.07) is 5.88. The molecule has 0 saturated heterocycles. The molecule has 0 aliphatic heterocycles. The van der Waals surface area contributed by atoms with Crippen molar-refractivity contribution in [3.63, 3.8) is 0 Å². The summed E-state index contributed by atoms with van der Waals surface area (Å²) in [6.07, 6.45) is 3.08. The molecule has 2 aromatic rings. The number of aromatic nitrogens is 2. The second-order valence-corrected chi connectivity index (χ2v) is 5.34. The van der Waals surface area contributed by atoms with E-state index in [1.165, 1.54) is 29.9 Å². The van der Waals surface area contributed by atoms with Gasteiger partial charge in [-0.15, -0.1) is 0 Å². The second-order valence-electron chi connectivity index (χ2n) is 5.34. The first kappa shape index (κ1) is 16.7. The van der Waals surface area contributed by atoms with E-state index in [9.17, 15) is 14.0 Å². The molecule has 0 bridgehead atoms. The largest absolute Gasteiger partial charge is 0.337 e. The van der Waals surface area contributed by atoms with Crippen molar-refractivity contribution in [2.24, 2.45) is 0 Å². The van der Waals surface area contributed by atoms with E-state index in [-0.39, 0.29) is 30.2 Å². The van der Waals surface area contributed by atoms with Gasteiger partial charge in [-0.2, -0.15) is 5.10 Å². The Kier molecular flexibility index (Phi) is 5.10. The lowest BCUT2D eigenvalue weighted by atomic mass is 10.1. The van der Waals surface area contributed by atoms with E-state index in [1.807, 2.05) is 6.92 Å². The van der Waals surface area contributed by atoms with Crippen molar-refractivity contribution in [1.29, 1.82) is 0 Å². The minimum atomic E-state index is -0.308. The molecule has 1 heterocycles. The predicted molar refractivity (Wildman–Crippen MR) is 84.1 cm³/mol. The molecule has 0 fully saturated rings. The highest BCUT2D eigenvalue weighted by Crippen LogP contribution is 2.19. The molecule has 1 N–H and O–H groups in total. The van der Waals surface area contributed by atoms with Crippen LogP contribution in [0.3, 0.4) is 0 Å². The van der Waals surface area contributed by atoms with E-state index in [0.29, 0.717) is 5.69 Å². The van der Waals surface area contributed by atoms with Crippen molar-refractivity contribution in [1.82, 2.24) is 14.7 Å². The van der Waals surface area contributed by atoms with Crippen molar-refractivity contribution < 1.29 is 14.0 Å². The number of likely N-dealkylation sites (N-methyl/N-ethyl adjacent to an activating group) is 1. The molecule has 7 heteroatoms. The fourth-order valence-electron chi connectivity index (χ4n) is 2.15. The smallest absolute Gasteiger partial charge is 0.244 e. The number of hydrogen-bond acceptors (Lipinski definition) is 3. The predicted octanol–water partition coefficient (Wildman–Crippen LogP) is 2.20. The molecule has 1 unspecified atom stereocenters. The highest BCUT2D eigenvalue weighted by atomic mass is 19.1. The lowest BCUT2D eigenvalue weighted by Gasteiger charge is -2.25. The third-order valence-electron chi connectivity index (χ3n) is 3.58. The molecule has 1 aromatic carbocycles. The van der Waals surface area contributed by atoms with Crippen LogP contribution < -0.4 is 5.32 Å². The number of halogens is 1. The zero-order valence-corrected chi connectivity index (χ0v) is 13.3. The first-order chi connectivity index (χ1) is 10.9. The highest BCUT2D eigenvalue weighted by Gasteiger charge is 2.18. The lowest BCUT2D eigenvalue weighted by molar-refractivity contribution is -0.132. The lowest BCUT2D eigenvalue weighted by Crippen LogP contribution is -2.32. The summed E-state index contributed by atoms with van der Waals surface area (Å²) in [7, 11) is 1.69. The molecule has 1 aromatic heterocycles. The molecule has 0 saturated carbocycles. The molecular formula is C16H19FN4O2. The number of carbonyl (C=O) groups is 2. The number of hydrogen-bond donors (Lipinski definition) is 1. The van der Waals surface area contributed by atoms with Gasteiger partial charge in [-0.05, 0) is 24.6 Å². The molecule has 2 amide bonds. The number of benzene rings is 1. The standard InChI is InChI=1S/C16H19FN4O2/c1-11(13-4-6-14(17)7-5-13)20(3)16(23)10-21-9-15(8-18-21)19-12(2)22/h4-9,11H,10H2,1-3H3,(H,19,22). The third-order valence-corrected chi connectivity index (χ3v) is 3.58. The average Bonchev–Trinajstić information content (AvgIpc) is 2.92. The summed E-state index contributed by atoms with van der Waals surface area (Å²) in [6.45, 7) is 3.33. The Labute approximate surface area is 133 Å². The van der Waals surface area contributed by atoms with Crippen LogP contribution >= 0.6 is 0 Å². The van der Waals surface area contributed by atoms with Crippen LogP contribution in [0.1, 0.15) is 25.5 Å². The van der Waals surface area contributed by atoms with Gasteiger partial charge in [0.2, 0.25) is 11.8 Å². The van der Waals surface area contributed by atoms with Gasteiger partial charge in [-0.25, -0.2) is 4.39 Å². The van der Waals surface area contributed by atoms with Crippen LogP contribution in [0.2, 0.25) is 0 Å². The Morgan fingerprint density at radius 2 is 2.00 bits per heavy atom. The summed E-state index contributed by atoms with van der Waals surface area (Å²) < 4.78 is 14.4. The summed E-state index contributed by atoms with van der Waals surface area (Å²) in [5.41, 5.74) is 1.39. The maximum Gasteiger partial charge on any atom is 0.244 e. The Morgan fingerprint density at radius 1 is 1.35 bits per heavy atom. The Hall–Kier alpha value is -2.70. The highest BCUT2D eigenvalue weighted by molar-refractivity contribution is 5.88. The zero-order chi connectivity index (χ0) is 17.0. The monoisotopic (exact) mass is 318 g/mol. The zero-order valence-electron chi connectivity index (χ0n) is 13.3. The minimum Gasteiger partial charge on any atom is -0.337 e. The van der Waals surface area contributed by atoms with Gasteiger partial charge in [-0.1, -0.05) is 12.1 Å². The number of nitrogens with zero attached hydrogens (tertiary/aromatic N) is 3. The van der Waals surface area contributed by atoms with Crippen LogP contribution in [0.25, 0.3) is 0 Å². The second kappa shape index (κ2) is 7.04. The van der Waals surface area contributed by atoms with Crippen molar-refractivity contribution in [2.45, 2.75) is 26.4 Å². The molecule has 6 nitrogen and oxygen atoms in total. The molecule has 23 heavy (non-hydrogen) atoms. The Balaban J connectivity index is 2.00. The van der Waals surface area contributed by atoms with Crippen LogP contribution in [0.5, 0.6) is 0 Å². The molecule has 0 aliphatic rings. The van der Waals surface area contributed by atoms with E-state index < -0.39 is 0 Å². The number of carbonyl (C=O) groups excluding carboxylic acids is 2. The van der Waals surface area contributed by atoms with Gasteiger partial charge in [0.15, 0.2) is 0 Å². The Bertz CT molecular complexity index is 696. The number of rotatable bonds is 5. The van der Waals surface area contributed by atoms with Crippen LogP contribution in [0, 0.1) is 5.82 Å². The SMILES string of the molecule is CC(=O)Nc1cnn(CC(=O)N(C)C(C)c2ccc(F)cc2)c1. The van der Waals surface area contributed by atoms with Crippen molar-refractivity contribution >= 4 is 17.5 Å². The number of anilines is 1. The maximum absolute atomic E-state index is 13.0. The quantitative estimate of drug-likeness (QED) is 0.919. The molecule has 0 radical (unpaired) electrons. The summed E-state index contributed by atoms with van der Waals surface area (Å²) in [4.78, 5) is 24.9. The number of nitrogens with one attached hydrogen (secondary N) is 1. The molecule has 2 rings (SSSR count). The van der Waals surface area contributed by atoms with Gasteiger partial charge >= 0.3 is 0 Å². The van der Waals surface area contributed by atoms with Gasteiger partial charge in [0.05, 0.1) is 17.9 Å². The maximum atomic E-state index is 13.0. The third kappa shape index (κ3) is 4.38. The van der Waals surface area contributed by atoms with Gasteiger partial charge < -0.3 is 10.2 Å². The van der Waals surface area contributed by atoms with E-state index >= 15 is 0 Å². The van der Waals surface area contributed by atoms with E-state index in [1.54, 1.807) is 30.3 Å². The minimum absolute atomic E-state index is 0.0572. The molecule has 0 aliphatic carbocycles. The van der Waals surface area contributed by atoms with Gasteiger partial charge in [0, 0.05) is 20.2 Å². The fourth-order valence-corrected chi connectivity index (χ4v) is 2.15. The van der Waals surface area contributed by atoms with E-state index in [4.69, 9.17) is 0 Å². The van der Waals surface area contributed by atoms with Crippen LogP contribution in [-0.4, -0.2) is 33.5 Å². The fraction of sp³-hybridized carbons (Fsp3) is 0.312. The molecule has 122 valence electrons. The molecule has 0 spiro atoms. The normalized spacial score (nSPS) is 11.8. The van der Waals surface area contributed by atoms with Gasteiger partial charge in [0.25, 0.3) is 0 Å². The van der Waals surface area contributed by atoms with Crippen molar-refractivity contribution in [2.75, 3.05) is 12.4 Å². The van der Waals surface area contributed by atoms with Crippen molar-refractivity contribution in [3.8, 4) is 0 Å².